The van der Waals surface area contributed by atoms with E-state index in [9.17, 15) is 17.6 Å². The van der Waals surface area contributed by atoms with Crippen molar-refractivity contribution in [2.24, 2.45) is 11.1 Å². The van der Waals surface area contributed by atoms with Gasteiger partial charge in [-0.1, -0.05) is 0 Å². The van der Waals surface area contributed by atoms with Gasteiger partial charge in [0, 0.05) is 19.2 Å². The molecule has 0 bridgehead atoms. The van der Waals surface area contributed by atoms with Crippen molar-refractivity contribution in [1.82, 2.24) is 4.90 Å². The number of hydrogen-bond acceptors (Lipinski definition) is 4. The highest BCUT2D eigenvalue weighted by Crippen LogP contribution is 2.22. The highest BCUT2D eigenvalue weighted by molar-refractivity contribution is 7.89. The van der Waals surface area contributed by atoms with Crippen LogP contribution in [0, 0.1) is 11.7 Å². The van der Waals surface area contributed by atoms with E-state index in [-0.39, 0.29) is 23.8 Å². The van der Waals surface area contributed by atoms with E-state index in [0.717, 1.165) is 6.07 Å². The molecular weight excluding hydrogens is 311 g/mol. The van der Waals surface area contributed by atoms with E-state index >= 15 is 0 Å². The van der Waals surface area contributed by atoms with Crippen molar-refractivity contribution in [3.05, 3.63) is 29.6 Å². The Bertz CT molecular complexity index is 663. The second kappa shape index (κ2) is 6.62. The Balaban J connectivity index is 2.12. The van der Waals surface area contributed by atoms with Gasteiger partial charge in [0.15, 0.2) is 0 Å². The third-order valence-corrected chi connectivity index (χ3v) is 4.62. The highest BCUT2D eigenvalue weighted by atomic mass is 32.2. The summed E-state index contributed by atoms with van der Waals surface area (Å²) in [6.07, 6.45) is 1.36. The average Bonchev–Trinajstić information content (AvgIpc) is 2.45. The number of benzene rings is 1. The van der Waals surface area contributed by atoms with Crippen molar-refractivity contribution >= 4 is 15.9 Å². The number of rotatable bonds is 4. The summed E-state index contributed by atoms with van der Waals surface area (Å²) in [6, 6.07) is 4.04. The fraction of sp³-hybridized carbons (Fsp3) is 0.500. The number of methoxy groups -OCH3 is 1. The maximum Gasteiger partial charge on any atom is 0.256 e. The molecule has 2 N–H and O–H groups in total. The molecule has 1 heterocycles. The van der Waals surface area contributed by atoms with E-state index < -0.39 is 21.7 Å². The smallest absolute Gasteiger partial charge is 0.256 e. The highest BCUT2D eigenvalue weighted by Gasteiger charge is 2.28. The van der Waals surface area contributed by atoms with Gasteiger partial charge in [-0.2, -0.15) is 0 Å². The number of sulfonamides is 1. The third-order valence-electron chi connectivity index (χ3n) is 3.68. The topological polar surface area (TPSA) is 89.7 Å². The Morgan fingerprint density at radius 3 is 2.82 bits per heavy atom. The van der Waals surface area contributed by atoms with Gasteiger partial charge in [0.25, 0.3) is 5.91 Å². The Hall–Kier alpha value is -1.67. The van der Waals surface area contributed by atoms with Crippen LogP contribution in [-0.2, 0) is 10.0 Å². The van der Waals surface area contributed by atoms with Crippen LogP contribution in [-0.4, -0.2) is 45.2 Å². The molecule has 1 aromatic rings. The number of nitrogens with two attached hydrogens (primary N) is 1. The van der Waals surface area contributed by atoms with Crippen molar-refractivity contribution in [3.8, 4) is 5.75 Å². The first-order valence-corrected chi connectivity index (χ1v) is 8.65. The molecule has 1 fully saturated rings. The van der Waals surface area contributed by atoms with Crippen molar-refractivity contribution in [1.29, 1.82) is 0 Å². The van der Waals surface area contributed by atoms with Crippen LogP contribution >= 0.6 is 0 Å². The lowest BCUT2D eigenvalue weighted by Crippen LogP contribution is -2.42. The lowest BCUT2D eigenvalue weighted by atomic mass is 9.99. The lowest BCUT2D eigenvalue weighted by molar-refractivity contribution is 0.0679. The van der Waals surface area contributed by atoms with E-state index in [4.69, 9.17) is 9.88 Å². The summed E-state index contributed by atoms with van der Waals surface area (Å²) >= 11 is 0. The third kappa shape index (κ3) is 4.17. The molecule has 1 aliphatic heterocycles. The first-order valence-electron chi connectivity index (χ1n) is 6.93. The van der Waals surface area contributed by atoms with Gasteiger partial charge in [0.1, 0.15) is 11.6 Å². The minimum atomic E-state index is -3.58. The van der Waals surface area contributed by atoms with Crippen LogP contribution in [0.1, 0.15) is 23.2 Å². The molecule has 6 nitrogen and oxygen atoms in total. The lowest BCUT2D eigenvalue weighted by Gasteiger charge is -2.32. The van der Waals surface area contributed by atoms with Crippen LogP contribution in [0.4, 0.5) is 4.39 Å². The van der Waals surface area contributed by atoms with Crippen LogP contribution < -0.4 is 9.88 Å². The number of carbonyl (C=O) groups excluding carboxylic acids is 1. The molecule has 0 aromatic heterocycles. The molecule has 122 valence electrons. The maximum atomic E-state index is 14.0. The van der Waals surface area contributed by atoms with E-state index in [0.29, 0.717) is 25.1 Å². The van der Waals surface area contributed by atoms with Crippen LogP contribution in [0.5, 0.6) is 5.75 Å². The van der Waals surface area contributed by atoms with E-state index in [1.807, 2.05) is 0 Å². The summed E-state index contributed by atoms with van der Waals surface area (Å²) in [7, 11) is -2.17. The Labute approximate surface area is 129 Å². The van der Waals surface area contributed by atoms with E-state index in [1.165, 1.54) is 24.1 Å². The molecule has 1 amide bonds. The SMILES string of the molecule is COc1ccc(C(=O)N2CCCC(CS(N)(=O)=O)C2)c(F)c1. The van der Waals surface area contributed by atoms with Crippen LogP contribution in [0.2, 0.25) is 0 Å². The molecule has 0 saturated carbocycles. The summed E-state index contributed by atoms with van der Waals surface area (Å²) in [5.74, 6) is -1.15. The van der Waals surface area contributed by atoms with Gasteiger partial charge in [-0.25, -0.2) is 17.9 Å². The number of carbonyl (C=O) groups is 1. The number of piperidine rings is 1. The van der Waals surface area contributed by atoms with Crippen molar-refractivity contribution in [2.75, 3.05) is 26.0 Å². The predicted molar refractivity (Wildman–Crippen MR) is 79.6 cm³/mol. The zero-order chi connectivity index (χ0) is 16.3. The zero-order valence-electron chi connectivity index (χ0n) is 12.3. The number of primary sulfonamides is 1. The first-order chi connectivity index (χ1) is 10.3. The van der Waals surface area contributed by atoms with Gasteiger partial charge in [-0.15, -0.1) is 0 Å². The molecule has 1 unspecified atom stereocenters. The maximum absolute atomic E-state index is 14.0. The van der Waals surface area contributed by atoms with Gasteiger partial charge in [-0.05, 0) is 30.9 Å². The number of amides is 1. The molecule has 1 aliphatic rings. The van der Waals surface area contributed by atoms with Crippen molar-refractivity contribution < 1.29 is 22.3 Å². The minimum absolute atomic E-state index is 0.0444. The minimum Gasteiger partial charge on any atom is -0.497 e. The number of ether oxygens (including phenoxy) is 1. The monoisotopic (exact) mass is 330 g/mol. The van der Waals surface area contributed by atoms with Crippen LogP contribution in [0.15, 0.2) is 18.2 Å². The molecular formula is C14H19FN2O4S. The van der Waals surface area contributed by atoms with Crippen molar-refractivity contribution in [2.45, 2.75) is 12.8 Å². The number of likely N-dealkylation sites (tertiary alicyclic amines) is 1. The second-order valence-corrected chi connectivity index (χ2v) is 7.09. The largest absolute Gasteiger partial charge is 0.497 e. The standard InChI is InChI=1S/C14H19FN2O4S/c1-21-11-4-5-12(13(15)7-11)14(18)17-6-2-3-10(8-17)9-22(16,19)20/h4-5,7,10H,2-3,6,8-9H2,1H3,(H2,16,19,20). The molecule has 0 radical (unpaired) electrons. The van der Waals surface area contributed by atoms with Crippen LogP contribution in [0.25, 0.3) is 0 Å². The first kappa shape index (κ1) is 16.7. The molecule has 8 heteroatoms. The second-order valence-electron chi connectivity index (χ2n) is 5.43. The molecule has 1 atom stereocenters. The summed E-state index contributed by atoms with van der Waals surface area (Å²) in [4.78, 5) is 13.9. The number of nitrogens with zero attached hydrogens (tertiary/aromatic N) is 1. The fourth-order valence-corrected chi connectivity index (χ4v) is 3.61. The molecule has 1 saturated heterocycles. The normalized spacial score (nSPS) is 19.0. The Morgan fingerprint density at radius 2 is 2.23 bits per heavy atom. The zero-order valence-corrected chi connectivity index (χ0v) is 13.1. The van der Waals surface area contributed by atoms with Crippen LogP contribution in [0.3, 0.4) is 0 Å². The van der Waals surface area contributed by atoms with Gasteiger partial charge >= 0.3 is 0 Å². The number of hydrogen-bond donors (Lipinski definition) is 1. The van der Waals surface area contributed by atoms with Gasteiger partial charge in [-0.3, -0.25) is 4.79 Å². The summed E-state index contributed by atoms with van der Waals surface area (Å²) in [5, 5.41) is 5.05. The summed E-state index contributed by atoms with van der Waals surface area (Å²) in [6.45, 7) is 0.742. The average molecular weight is 330 g/mol. The van der Waals surface area contributed by atoms with E-state index in [2.05, 4.69) is 0 Å². The molecule has 2 rings (SSSR count). The molecule has 0 spiro atoms. The van der Waals surface area contributed by atoms with Gasteiger partial charge in [0.2, 0.25) is 10.0 Å². The predicted octanol–water partition coefficient (Wildman–Crippen LogP) is 0.975. The quantitative estimate of drug-likeness (QED) is 0.891. The summed E-state index contributed by atoms with van der Waals surface area (Å²) in [5.41, 5.74) is -0.0444. The van der Waals surface area contributed by atoms with E-state index in [1.54, 1.807) is 0 Å². The summed E-state index contributed by atoms with van der Waals surface area (Å²) < 4.78 is 41.2. The fourth-order valence-electron chi connectivity index (χ4n) is 2.68. The molecule has 0 aliphatic carbocycles. The Morgan fingerprint density at radius 1 is 1.50 bits per heavy atom. The Kier molecular flexibility index (Phi) is 5.02. The van der Waals surface area contributed by atoms with Crippen molar-refractivity contribution in [3.63, 3.8) is 0 Å². The number of halogens is 1. The van der Waals surface area contributed by atoms with Gasteiger partial charge in [0.05, 0.1) is 18.4 Å². The van der Waals surface area contributed by atoms with Gasteiger partial charge < -0.3 is 9.64 Å². The molecule has 22 heavy (non-hydrogen) atoms. The molecule has 1 aromatic carbocycles.